The van der Waals surface area contributed by atoms with Gasteiger partial charge < -0.3 is 19.5 Å². The van der Waals surface area contributed by atoms with Crippen LogP contribution < -0.4 is 5.32 Å². The fourth-order valence-electron chi connectivity index (χ4n) is 1.38. The van der Waals surface area contributed by atoms with Gasteiger partial charge in [-0.2, -0.15) is 0 Å². The van der Waals surface area contributed by atoms with E-state index >= 15 is 0 Å². The van der Waals surface area contributed by atoms with Crippen LogP contribution >= 0.6 is 0 Å². The van der Waals surface area contributed by atoms with Crippen LogP contribution in [0, 0.1) is 0 Å². The quantitative estimate of drug-likeness (QED) is 0.435. The van der Waals surface area contributed by atoms with Gasteiger partial charge in [-0.15, -0.1) is 0 Å². The maximum absolute atomic E-state index is 11.6. The van der Waals surface area contributed by atoms with Crippen molar-refractivity contribution in [1.29, 1.82) is 0 Å². The summed E-state index contributed by atoms with van der Waals surface area (Å²) in [6.07, 6.45) is 1.73. The van der Waals surface area contributed by atoms with E-state index in [1.54, 1.807) is 7.11 Å². The number of rotatable bonds is 11. The van der Waals surface area contributed by atoms with E-state index in [0.717, 1.165) is 12.8 Å². The Hall–Kier alpha value is -0.650. The van der Waals surface area contributed by atoms with Gasteiger partial charge in [-0.25, -0.2) is 0 Å². The molecule has 5 nitrogen and oxygen atoms in total. The van der Waals surface area contributed by atoms with Crippen molar-refractivity contribution in [2.24, 2.45) is 0 Å². The number of carbonyl (C=O) groups excluding carboxylic acids is 1. The van der Waals surface area contributed by atoms with Crippen molar-refractivity contribution in [3.8, 4) is 0 Å². The highest BCUT2D eigenvalue weighted by atomic mass is 16.5. The third kappa shape index (κ3) is 9.09. The van der Waals surface area contributed by atoms with E-state index in [-0.39, 0.29) is 12.0 Å². The number of ether oxygens (including phenoxy) is 3. The zero-order valence-corrected chi connectivity index (χ0v) is 11.2. The van der Waals surface area contributed by atoms with Crippen molar-refractivity contribution in [1.82, 2.24) is 5.32 Å². The van der Waals surface area contributed by atoms with E-state index in [9.17, 15) is 4.79 Å². The fraction of sp³-hybridized carbons (Fsp3) is 0.917. The molecule has 0 bridgehead atoms. The second-order valence-electron chi connectivity index (χ2n) is 3.65. The predicted molar refractivity (Wildman–Crippen MR) is 66.0 cm³/mol. The smallest absolute Gasteiger partial charge is 0.323 e. The lowest BCUT2D eigenvalue weighted by Crippen LogP contribution is -2.39. The third-order valence-corrected chi connectivity index (χ3v) is 2.22. The highest BCUT2D eigenvalue weighted by molar-refractivity contribution is 5.75. The molecule has 0 heterocycles. The van der Waals surface area contributed by atoms with Gasteiger partial charge in [0.2, 0.25) is 0 Å². The summed E-state index contributed by atoms with van der Waals surface area (Å²) in [4.78, 5) is 11.6. The average Bonchev–Trinajstić information content (AvgIpc) is 2.32. The van der Waals surface area contributed by atoms with Crippen molar-refractivity contribution < 1.29 is 19.0 Å². The molecule has 0 radical (unpaired) electrons. The van der Waals surface area contributed by atoms with Gasteiger partial charge >= 0.3 is 5.97 Å². The van der Waals surface area contributed by atoms with E-state index in [0.29, 0.717) is 33.0 Å². The van der Waals surface area contributed by atoms with Gasteiger partial charge in [0.15, 0.2) is 0 Å². The molecule has 102 valence electrons. The Kier molecular flexibility index (Phi) is 11.4. The van der Waals surface area contributed by atoms with Gasteiger partial charge in [-0.05, 0) is 13.3 Å². The first kappa shape index (κ1) is 16.4. The second kappa shape index (κ2) is 11.8. The lowest BCUT2D eigenvalue weighted by molar-refractivity contribution is -0.145. The second-order valence-corrected chi connectivity index (χ2v) is 3.65. The first-order valence-corrected chi connectivity index (χ1v) is 6.22. The average molecular weight is 247 g/mol. The number of hydrogen-bond acceptors (Lipinski definition) is 5. The fourth-order valence-corrected chi connectivity index (χ4v) is 1.38. The molecule has 0 aromatic carbocycles. The minimum atomic E-state index is -0.217. The van der Waals surface area contributed by atoms with Crippen LogP contribution in [0.3, 0.4) is 0 Å². The summed E-state index contributed by atoms with van der Waals surface area (Å²) in [6, 6.07) is -0.217. The molecular weight excluding hydrogens is 222 g/mol. The summed E-state index contributed by atoms with van der Waals surface area (Å²) in [7, 11) is 1.64. The summed E-state index contributed by atoms with van der Waals surface area (Å²) < 4.78 is 15.2. The van der Waals surface area contributed by atoms with Gasteiger partial charge in [0.25, 0.3) is 0 Å². The number of nitrogens with one attached hydrogen (secondary N) is 1. The monoisotopic (exact) mass is 247 g/mol. The van der Waals surface area contributed by atoms with Crippen LogP contribution in [0.2, 0.25) is 0 Å². The van der Waals surface area contributed by atoms with Crippen LogP contribution in [0.15, 0.2) is 0 Å². The molecule has 17 heavy (non-hydrogen) atoms. The minimum Gasteiger partial charge on any atom is -0.465 e. The lowest BCUT2D eigenvalue weighted by Gasteiger charge is -2.16. The molecule has 1 atom stereocenters. The summed E-state index contributed by atoms with van der Waals surface area (Å²) in [5.41, 5.74) is 0. The Bertz CT molecular complexity index is 187. The molecule has 5 heteroatoms. The molecule has 0 saturated heterocycles. The third-order valence-electron chi connectivity index (χ3n) is 2.22. The molecule has 0 spiro atoms. The van der Waals surface area contributed by atoms with Crippen LogP contribution in [-0.2, 0) is 19.0 Å². The van der Waals surface area contributed by atoms with E-state index in [1.807, 2.05) is 13.8 Å². The van der Waals surface area contributed by atoms with Crippen LogP contribution in [0.1, 0.15) is 26.7 Å². The van der Waals surface area contributed by atoms with E-state index in [2.05, 4.69) is 5.32 Å². The highest BCUT2D eigenvalue weighted by Gasteiger charge is 2.17. The molecule has 0 amide bonds. The zero-order valence-electron chi connectivity index (χ0n) is 11.2. The first-order valence-electron chi connectivity index (χ1n) is 6.22. The Labute approximate surface area is 104 Å². The Morgan fingerprint density at radius 2 is 2.00 bits per heavy atom. The molecule has 0 aliphatic heterocycles. The number of hydrogen-bond donors (Lipinski definition) is 1. The van der Waals surface area contributed by atoms with Crippen molar-refractivity contribution in [3.63, 3.8) is 0 Å². The Morgan fingerprint density at radius 3 is 2.59 bits per heavy atom. The molecule has 0 aromatic heterocycles. The largest absolute Gasteiger partial charge is 0.465 e. The summed E-state index contributed by atoms with van der Waals surface area (Å²) >= 11 is 0. The normalized spacial score (nSPS) is 12.4. The van der Waals surface area contributed by atoms with Gasteiger partial charge in [0.1, 0.15) is 6.04 Å². The van der Waals surface area contributed by atoms with Crippen LogP contribution in [0.5, 0.6) is 0 Å². The van der Waals surface area contributed by atoms with Crippen molar-refractivity contribution in [2.45, 2.75) is 32.7 Å². The van der Waals surface area contributed by atoms with E-state index in [4.69, 9.17) is 14.2 Å². The van der Waals surface area contributed by atoms with Crippen molar-refractivity contribution in [3.05, 3.63) is 0 Å². The van der Waals surface area contributed by atoms with Gasteiger partial charge in [-0.1, -0.05) is 13.3 Å². The number of methoxy groups -OCH3 is 1. The lowest BCUT2D eigenvalue weighted by atomic mass is 10.1. The van der Waals surface area contributed by atoms with Gasteiger partial charge in [0, 0.05) is 13.7 Å². The summed E-state index contributed by atoms with van der Waals surface area (Å²) in [5, 5.41) is 3.14. The number of carbonyl (C=O) groups is 1. The molecule has 0 rings (SSSR count). The SMILES string of the molecule is CCCC(NCCOCCOC)C(=O)OCC. The summed E-state index contributed by atoms with van der Waals surface area (Å²) in [5.74, 6) is -0.175. The first-order chi connectivity index (χ1) is 8.26. The minimum absolute atomic E-state index is 0.175. The highest BCUT2D eigenvalue weighted by Crippen LogP contribution is 1.99. The molecule has 1 N–H and O–H groups in total. The van der Waals surface area contributed by atoms with E-state index in [1.165, 1.54) is 0 Å². The molecule has 0 fully saturated rings. The standard InChI is InChI=1S/C12H25NO4/c1-4-6-11(12(14)17-5-2)13-7-8-16-10-9-15-3/h11,13H,4-10H2,1-3H3. The van der Waals surface area contributed by atoms with Crippen LogP contribution in [0.4, 0.5) is 0 Å². The topological polar surface area (TPSA) is 56.8 Å². The molecule has 0 aliphatic carbocycles. The Balaban J connectivity index is 3.65. The van der Waals surface area contributed by atoms with E-state index < -0.39 is 0 Å². The van der Waals surface area contributed by atoms with Crippen molar-refractivity contribution >= 4 is 5.97 Å². The zero-order chi connectivity index (χ0) is 12.9. The molecular formula is C12H25NO4. The maximum atomic E-state index is 11.6. The Morgan fingerprint density at radius 1 is 1.24 bits per heavy atom. The predicted octanol–water partition coefficient (Wildman–Crippen LogP) is 0.971. The van der Waals surface area contributed by atoms with Crippen LogP contribution in [0.25, 0.3) is 0 Å². The van der Waals surface area contributed by atoms with Gasteiger partial charge in [0.05, 0.1) is 26.4 Å². The molecule has 0 aromatic rings. The number of esters is 1. The molecule has 0 aliphatic rings. The molecule has 1 unspecified atom stereocenters. The van der Waals surface area contributed by atoms with Crippen molar-refractivity contribution in [2.75, 3.05) is 40.1 Å². The maximum Gasteiger partial charge on any atom is 0.323 e. The summed E-state index contributed by atoms with van der Waals surface area (Å²) in [6.45, 7) is 6.67. The van der Waals surface area contributed by atoms with Crippen LogP contribution in [-0.4, -0.2) is 52.1 Å². The molecule has 0 saturated carbocycles. The van der Waals surface area contributed by atoms with Gasteiger partial charge in [-0.3, -0.25) is 4.79 Å².